The summed E-state index contributed by atoms with van der Waals surface area (Å²) in [5.41, 5.74) is 2.66. The standard InChI is InChI=1S/C14H11BrFNO/c15-11-7-13(16)14(17-8-11)18-12-5-4-9-2-1-3-10(9)6-12/h4-8H,1-3H2. The average molecular weight is 308 g/mol. The van der Waals surface area contributed by atoms with E-state index in [1.165, 1.54) is 29.8 Å². The minimum Gasteiger partial charge on any atom is -0.436 e. The molecule has 3 rings (SSSR count). The number of aryl methyl sites for hydroxylation is 2. The van der Waals surface area contributed by atoms with Gasteiger partial charge in [0.15, 0.2) is 5.82 Å². The lowest BCUT2D eigenvalue weighted by atomic mass is 10.1. The van der Waals surface area contributed by atoms with E-state index < -0.39 is 5.82 Å². The molecule has 0 fully saturated rings. The van der Waals surface area contributed by atoms with Gasteiger partial charge in [-0.15, -0.1) is 0 Å². The molecular weight excluding hydrogens is 297 g/mol. The lowest BCUT2D eigenvalue weighted by Crippen LogP contribution is -1.93. The topological polar surface area (TPSA) is 22.1 Å². The molecule has 0 spiro atoms. The fraction of sp³-hybridized carbons (Fsp3) is 0.214. The van der Waals surface area contributed by atoms with Crippen molar-refractivity contribution in [3.05, 3.63) is 51.9 Å². The first kappa shape index (κ1) is 11.7. The zero-order valence-electron chi connectivity index (χ0n) is 9.62. The number of fused-ring (bicyclic) bond motifs is 1. The molecule has 92 valence electrons. The molecule has 2 nitrogen and oxygen atoms in total. The van der Waals surface area contributed by atoms with Crippen molar-refractivity contribution in [3.8, 4) is 11.6 Å². The van der Waals surface area contributed by atoms with Gasteiger partial charge in [0.1, 0.15) is 5.75 Å². The Balaban J connectivity index is 1.88. The summed E-state index contributed by atoms with van der Waals surface area (Å²) < 4.78 is 19.7. The molecule has 18 heavy (non-hydrogen) atoms. The van der Waals surface area contributed by atoms with E-state index in [4.69, 9.17) is 4.74 Å². The lowest BCUT2D eigenvalue weighted by Gasteiger charge is -2.07. The first-order valence-electron chi connectivity index (χ1n) is 5.83. The Morgan fingerprint density at radius 1 is 1.17 bits per heavy atom. The van der Waals surface area contributed by atoms with Crippen molar-refractivity contribution < 1.29 is 9.13 Å². The Morgan fingerprint density at radius 3 is 2.83 bits per heavy atom. The summed E-state index contributed by atoms with van der Waals surface area (Å²) in [5.74, 6) is 0.186. The second kappa shape index (κ2) is 4.69. The quantitative estimate of drug-likeness (QED) is 0.827. The van der Waals surface area contributed by atoms with Gasteiger partial charge >= 0.3 is 0 Å². The van der Waals surface area contributed by atoms with Crippen LogP contribution in [0.15, 0.2) is 34.9 Å². The van der Waals surface area contributed by atoms with Crippen molar-refractivity contribution >= 4 is 15.9 Å². The van der Waals surface area contributed by atoms with Crippen LogP contribution in [0.4, 0.5) is 4.39 Å². The fourth-order valence-corrected chi connectivity index (χ4v) is 2.50. The third kappa shape index (κ3) is 2.25. The van der Waals surface area contributed by atoms with Crippen LogP contribution in [0.5, 0.6) is 11.6 Å². The van der Waals surface area contributed by atoms with E-state index in [-0.39, 0.29) is 5.88 Å². The molecule has 0 saturated carbocycles. The number of pyridine rings is 1. The van der Waals surface area contributed by atoms with Crippen molar-refractivity contribution in [3.63, 3.8) is 0 Å². The highest BCUT2D eigenvalue weighted by Gasteiger charge is 2.13. The fourth-order valence-electron chi connectivity index (χ4n) is 2.20. The van der Waals surface area contributed by atoms with E-state index in [1.54, 1.807) is 0 Å². The monoisotopic (exact) mass is 307 g/mol. The van der Waals surface area contributed by atoms with Crippen LogP contribution in [0.2, 0.25) is 0 Å². The zero-order valence-corrected chi connectivity index (χ0v) is 11.2. The molecule has 1 aliphatic carbocycles. The number of ether oxygens (including phenoxy) is 1. The highest BCUT2D eigenvalue weighted by atomic mass is 79.9. The van der Waals surface area contributed by atoms with Crippen molar-refractivity contribution in [2.75, 3.05) is 0 Å². The van der Waals surface area contributed by atoms with Gasteiger partial charge in [-0.05, 0) is 64.5 Å². The number of rotatable bonds is 2. The molecular formula is C14H11BrFNO. The third-order valence-electron chi connectivity index (χ3n) is 3.06. The van der Waals surface area contributed by atoms with Gasteiger partial charge in [0, 0.05) is 10.7 Å². The summed E-state index contributed by atoms with van der Waals surface area (Å²) in [4.78, 5) is 3.92. The number of aromatic nitrogens is 1. The van der Waals surface area contributed by atoms with E-state index in [1.807, 2.05) is 12.1 Å². The molecule has 0 unspecified atom stereocenters. The normalized spacial score (nSPS) is 13.4. The maximum absolute atomic E-state index is 13.6. The van der Waals surface area contributed by atoms with Crippen LogP contribution in [0, 0.1) is 5.82 Å². The number of hydrogen-bond acceptors (Lipinski definition) is 2. The summed E-state index contributed by atoms with van der Waals surface area (Å²) in [6.45, 7) is 0. The van der Waals surface area contributed by atoms with E-state index in [0.717, 1.165) is 12.8 Å². The van der Waals surface area contributed by atoms with E-state index >= 15 is 0 Å². The molecule has 0 radical (unpaired) electrons. The van der Waals surface area contributed by atoms with Crippen molar-refractivity contribution in [2.24, 2.45) is 0 Å². The van der Waals surface area contributed by atoms with Gasteiger partial charge in [0.05, 0.1) is 0 Å². The Labute approximate surface area is 113 Å². The summed E-state index contributed by atoms with van der Waals surface area (Å²) in [7, 11) is 0. The molecule has 0 atom stereocenters. The molecule has 1 heterocycles. The SMILES string of the molecule is Fc1cc(Br)cnc1Oc1ccc2c(c1)CCC2. The van der Waals surface area contributed by atoms with Crippen molar-refractivity contribution in [2.45, 2.75) is 19.3 Å². The Kier molecular flexibility index (Phi) is 3.04. The lowest BCUT2D eigenvalue weighted by molar-refractivity contribution is 0.422. The predicted molar refractivity (Wildman–Crippen MR) is 70.4 cm³/mol. The number of hydrogen-bond donors (Lipinski definition) is 0. The molecule has 0 saturated heterocycles. The minimum absolute atomic E-state index is 0.0103. The molecule has 1 aliphatic rings. The summed E-state index contributed by atoms with van der Waals surface area (Å²) in [5, 5.41) is 0. The molecule has 0 N–H and O–H groups in total. The van der Waals surface area contributed by atoms with Crippen LogP contribution in [-0.2, 0) is 12.8 Å². The summed E-state index contributed by atoms with van der Waals surface area (Å²) in [6, 6.07) is 7.24. The van der Waals surface area contributed by atoms with Crippen LogP contribution in [0.25, 0.3) is 0 Å². The molecule has 0 bridgehead atoms. The molecule has 0 aliphatic heterocycles. The molecule has 4 heteroatoms. The van der Waals surface area contributed by atoms with Gasteiger partial charge < -0.3 is 4.74 Å². The second-order valence-electron chi connectivity index (χ2n) is 4.33. The molecule has 1 aromatic carbocycles. The van der Waals surface area contributed by atoms with Crippen molar-refractivity contribution in [1.29, 1.82) is 0 Å². The van der Waals surface area contributed by atoms with Gasteiger partial charge in [-0.3, -0.25) is 0 Å². The first-order valence-corrected chi connectivity index (χ1v) is 6.62. The molecule has 1 aromatic heterocycles. The predicted octanol–water partition coefficient (Wildman–Crippen LogP) is 4.26. The summed E-state index contributed by atoms with van der Waals surface area (Å²) >= 11 is 3.16. The Morgan fingerprint density at radius 2 is 2.00 bits per heavy atom. The maximum Gasteiger partial charge on any atom is 0.255 e. The van der Waals surface area contributed by atoms with Crippen LogP contribution >= 0.6 is 15.9 Å². The summed E-state index contributed by atoms with van der Waals surface area (Å²) in [6.07, 6.45) is 4.90. The highest BCUT2D eigenvalue weighted by Crippen LogP contribution is 2.29. The van der Waals surface area contributed by atoms with Crippen LogP contribution in [-0.4, -0.2) is 4.98 Å². The number of benzene rings is 1. The van der Waals surface area contributed by atoms with Gasteiger partial charge in [0.25, 0.3) is 5.88 Å². The molecule has 0 amide bonds. The molecule has 2 aromatic rings. The van der Waals surface area contributed by atoms with Crippen molar-refractivity contribution in [1.82, 2.24) is 4.98 Å². The van der Waals surface area contributed by atoms with Gasteiger partial charge in [-0.2, -0.15) is 0 Å². The minimum atomic E-state index is -0.468. The highest BCUT2D eigenvalue weighted by molar-refractivity contribution is 9.10. The largest absolute Gasteiger partial charge is 0.436 e. The van der Waals surface area contributed by atoms with Gasteiger partial charge in [-0.25, -0.2) is 9.37 Å². The van der Waals surface area contributed by atoms with Crippen LogP contribution in [0.3, 0.4) is 0 Å². The Hall–Kier alpha value is -1.42. The third-order valence-corrected chi connectivity index (χ3v) is 3.49. The first-order chi connectivity index (χ1) is 8.72. The number of nitrogens with zero attached hydrogens (tertiary/aromatic N) is 1. The number of halogens is 2. The van der Waals surface area contributed by atoms with Crippen LogP contribution in [0.1, 0.15) is 17.5 Å². The smallest absolute Gasteiger partial charge is 0.255 e. The van der Waals surface area contributed by atoms with E-state index in [0.29, 0.717) is 10.2 Å². The average Bonchev–Trinajstić information content (AvgIpc) is 2.80. The van der Waals surface area contributed by atoms with Gasteiger partial charge in [-0.1, -0.05) is 6.07 Å². The maximum atomic E-state index is 13.6. The van der Waals surface area contributed by atoms with Crippen LogP contribution < -0.4 is 4.74 Å². The van der Waals surface area contributed by atoms with E-state index in [9.17, 15) is 4.39 Å². The van der Waals surface area contributed by atoms with Gasteiger partial charge in [0.2, 0.25) is 0 Å². The van der Waals surface area contributed by atoms with E-state index in [2.05, 4.69) is 27.0 Å². The zero-order chi connectivity index (χ0) is 12.5. The Bertz CT molecular complexity index is 600. The second-order valence-corrected chi connectivity index (χ2v) is 5.24.